The third kappa shape index (κ3) is 3.82. The molecule has 3 aromatic rings. The summed E-state index contributed by atoms with van der Waals surface area (Å²) in [6.07, 6.45) is 2.15. The Hall–Kier alpha value is -3.87. The molecule has 0 aliphatic carbocycles. The van der Waals surface area contributed by atoms with E-state index in [0.29, 0.717) is 0 Å². The number of hydrogen-bond acceptors (Lipinski definition) is 5. The first-order valence-corrected chi connectivity index (χ1v) is 9.55. The second kappa shape index (κ2) is 8.24. The lowest BCUT2D eigenvalue weighted by molar-refractivity contribution is -0.122. The van der Waals surface area contributed by atoms with Crippen molar-refractivity contribution in [3.05, 3.63) is 83.8 Å². The van der Waals surface area contributed by atoms with E-state index >= 15 is 0 Å². The molecule has 4 rings (SSSR count). The minimum absolute atomic E-state index is 0.00604. The van der Waals surface area contributed by atoms with Gasteiger partial charge in [-0.15, -0.1) is 0 Å². The number of esters is 1. The summed E-state index contributed by atoms with van der Waals surface area (Å²) in [6.45, 7) is 1.57. The van der Waals surface area contributed by atoms with Gasteiger partial charge in [-0.2, -0.15) is 0 Å². The molecule has 7 heteroatoms. The summed E-state index contributed by atoms with van der Waals surface area (Å²) in [7, 11) is 0. The summed E-state index contributed by atoms with van der Waals surface area (Å²) in [5, 5.41) is 2.63. The van der Waals surface area contributed by atoms with E-state index in [1.54, 1.807) is 29.2 Å². The standard InChI is InChI=1S/C23H20N2O5/c1-15-13-16-7-2-5-10-19(16)25(15)21(26)14-30-23(28)17-8-3-4-9-18(17)24-22(27)20-11-6-12-29-20/h2-12,15H,13-14H2,1H3,(H,24,27)/t15-/m0/s1. The van der Waals surface area contributed by atoms with Gasteiger partial charge in [-0.1, -0.05) is 30.3 Å². The van der Waals surface area contributed by atoms with Crippen LogP contribution < -0.4 is 10.2 Å². The predicted molar refractivity (Wildman–Crippen MR) is 110 cm³/mol. The number of hydrogen-bond donors (Lipinski definition) is 1. The van der Waals surface area contributed by atoms with E-state index in [2.05, 4.69) is 5.32 Å². The minimum atomic E-state index is -0.696. The molecular formula is C23H20N2O5. The maximum absolute atomic E-state index is 12.7. The van der Waals surface area contributed by atoms with Crippen LogP contribution in [0.1, 0.15) is 33.4 Å². The topological polar surface area (TPSA) is 88.9 Å². The minimum Gasteiger partial charge on any atom is -0.459 e. The summed E-state index contributed by atoms with van der Waals surface area (Å²) >= 11 is 0. The number of rotatable bonds is 5. The van der Waals surface area contributed by atoms with Crippen molar-refractivity contribution in [3.63, 3.8) is 0 Å². The molecule has 0 fully saturated rings. The first kappa shape index (κ1) is 19.4. The second-order valence-electron chi connectivity index (χ2n) is 7.00. The van der Waals surface area contributed by atoms with Gasteiger partial charge in [0.15, 0.2) is 12.4 Å². The van der Waals surface area contributed by atoms with Gasteiger partial charge in [-0.3, -0.25) is 9.59 Å². The molecule has 152 valence electrons. The Balaban J connectivity index is 1.44. The molecule has 0 saturated heterocycles. The van der Waals surface area contributed by atoms with E-state index in [0.717, 1.165) is 17.7 Å². The number of carbonyl (C=O) groups excluding carboxylic acids is 3. The molecule has 0 radical (unpaired) electrons. The van der Waals surface area contributed by atoms with Crippen LogP contribution in [0.5, 0.6) is 0 Å². The number of anilines is 2. The van der Waals surface area contributed by atoms with Crippen molar-refractivity contribution < 1.29 is 23.5 Å². The van der Waals surface area contributed by atoms with Gasteiger partial charge in [-0.05, 0) is 49.2 Å². The van der Waals surface area contributed by atoms with Crippen molar-refractivity contribution in [2.45, 2.75) is 19.4 Å². The molecule has 1 aliphatic rings. The van der Waals surface area contributed by atoms with Crippen molar-refractivity contribution in [2.24, 2.45) is 0 Å². The van der Waals surface area contributed by atoms with Crippen LogP contribution in [0.25, 0.3) is 0 Å². The zero-order chi connectivity index (χ0) is 21.1. The maximum atomic E-state index is 12.7. The van der Waals surface area contributed by atoms with E-state index in [1.807, 2.05) is 31.2 Å². The van der Waals surface area contributed by atoms with Gasteiger partial charge >= 0.3 is 5.97 Å². The Kier molecular flexibility index (Phi) is 5.34. The molecule has 2 amide bonds. The van der Waals surface area contributed by atoms with Crippen LogP contribution in [0, 0.1) is 0 Å². The van der Waals surface area contributed by atoms with E-state index in [9.17, 15) is 14.4 Å². The predicted octanol–water partition coefficient (Wildman–Crippen LogP) is 3.67. The number of para-hydroxylation sites is 2. The van der Waals surface area contributed by atoms with Gasteiger partial charge in [-0.25, -0.2) is 4.79 Å². The molecular weight excluding hydrogens is 384 g/mol. The van der Waals surface area contributed by atoms with E-state index in [1.165, 1.54) is 18.4 Å². The Morgan fingerprint density at radius 1 is 1.07 bits per heavy atom. The van der Waals surface area contributed by atoms with Crippen LogP contribution in [0.2, 0.25) is 0 Å². The van der Waals surface area contributed by atoms with Crippen molar-refractivity contribution in [1.29, 1.82) is 0 Å². The molecule has 2 aromatic carbocycles. The van der Waals surface area contributed by atoms with Crippen LogP contribution in [-0.4, -0.2) is 30.4 Å². The van der Waals surface area contributed by atoms with Gasteiger partial charge in [0, 0.05) is 11.7 Å². The van der Waals surface area contributed by atoms with Crippen molar-refractivity contribution >= 4 is 29.2 Å². The number of amides is 2. The first-order valence-electron chi connectivity index (χ1n) is 9.55. The zero-order valence-corrected chi connectivity index (χ0v) is 16.3. The molecule has 0 saturated carbocycles. The second-order valence-corrected chi connectivity index (χ2v) is 7.00. The fourth-order valence-corrected chi connectivity index (χ4v) is 3.58. The Morgan fingerprint density at radius 3 is 2.63 bits per heavy atom. The van der Waals surface area contributed by atoms with Crippen molar-refractivity contribution in [1.82, 2.24) is 0 Å². The van der Waals surface area contributed by atoms with E-state index in [-0.39, 0.29) is 29.0 Å². The molecule has 7 nitrogen and oxygen atoms in total. The quantitative estimate of drug-likeness (QED) is 0.656. The molecule has 1 atom stereocenters. The molecule has 1 aromatic heterocycles. The molecule has 2 heterocycles. The molecule has 1 N–H and O–H groups in total. The highest BCUT2D eigenvalue weighted by atomic mass is 16.5. The average molecular weight is 404 g/mol. The van der Waals surface area contributed by atoms with Crippen LogP contribution in [0.3, 0.4) is 0 Å². The molecule has 1 aliphatic heterocycles. The van der Waals surface area contributed by atoms with Crippen LogP contribution >= 0.6 is 0 Å². The lowest BCUT2D eigenvalue weighted by atomic mass is 10.1. The Morgan fingerprint density at radius 2 is 1.83 bits per heavy atom. The van der Waals surface area contributed by atoms with Crippen LogP contribution in [0.15, 0.2) is 71.3 Å². The van der Waals surface area contributed by atoms with Crippen molar-refractivity contribution in [3.8, 4) is 0 Å². The van der Waals surface area contributed by atoms with E-state index in [4.69, 9.17) is 9.15 Å². The van der Waals surface area contributed by atoms with Gasteiger partial charge in [0.25, 0.3) is 11.8 Å². The third-order valence-corrected chi connectivity index (χ3v) is 4.94. The molecule has 0 unspecified atom stereocenters. The monoisotopic (exact) mass is 404 g/mol. The highest BCUT2D eigenvalue weighted by molar-refractivity contribution is 6.07. The summed E-state index contributed by atoms with van der Waals surface area (Å²) < 4.78 is 10.3. The number of nitrogens with one attached hydrogen (secondary N) is 1. The number of furan rings is 1. The van der Waals surface area contributed by atoms with Crippen LogP contribution in [-0.2, 0) is 16.0 Å². The summed E-state index contributed by atoms with van der Waals surface area (Å²) in [4.78, 5) is 39.2. The lowest BCUT2D eigenvalue weighted by Gasteiger charge is -2.22. The SMILES string of the molecule is C[C@H]1Cc2ccccc2N1C(=O)COC(=O)c1ccccc1NC(=O)c1ccco1. The largest absolute Gasteiger partial charge is 0.459 e. The number of carbonyl (C=O) groups is 3. The van der Waals surface area contributed by atoms with Crippen molar-refractivity contribution in [2.75, 3.05) is 16.8 Å². The molecule has 0 bridgehead atoms. The lowest BCUT2D eigenvalue weighted by Crippen LogP contribution is -2.38. The summed E-state index contributed by atoms with van der Waals surface area (Å²) in [5.74, 6) is -1.36. The number of nitrogens with zero attached hydrogens (tertiary/aromatic N) is 1. The Labute approximate surface area is 173 Å². The fraction of sp³-hybridized carbons (Fsp3) is 0.174. The summed E-state index contributed by atoms with van der Waals surface area (Å²) in [5.41, 5.74) is 2.36. The average Bonchev–Trinajstić information content (AvgIpc) is 3.39. The number of fused-ring (bicyclic) bond motifs is 1. The highest BCUT2D eigenvalue weighted by Gasteiger charge is 2.31. The maximum Gasteiger partial charge on any atom is 0.340 e. The van der Waals surface area contributed by atoms with Gasteiger partial charge in [0.05, 0.1) is 17.5 Å². The molecule has 0 spiro atoms. The summed E-state index contributed by atoms with van der Waals surface area (Å²) in [6, 6.07) is 17.2. The normalized spacial score (nSPS) is 14.8. The van der Waals surface area contributed by atoms with Gasteiger partial charge in [0.2, 0.25) is 0 Å². The highest BCUT2D eigenvalue weighted by Crippen LogP contribution is 2.31. The number of benzene rings is 2. The smallest absolute Gasteiger partial charge is 0.340 e. The molecule has 30 heavy (non-hydrogen) atoms. The zero-order valence-electron chi connectivity index (χ0n) is 16.3. The number of ether oxygens (including phenoxy) is 1. The fourth-order valence-electron chi connectivity index (χ4n) is 3.58. The third-order valence-electron chi connectivity index (χ3n) is 4.94. The van der Waals surface area contributed by atoms with E-state index < -0.39 is 18.5 Å². The Bertz CT molecular complexity index is 1090. The van der Waals surface area contributed by atoms with Gasteiger partial charge < -0.3 is 19.4 Å². The first-order chi connectivity index (χ1) is 14.5. The van der Waals surface area contributed by atoms with Crippen LogP contribution in [0.4, 0.5) is 11.4 Å². The van der Waals surface area contributed by atoms with Gasteiger partial charge in [0.1, 0.15) is 0 Å².